The van der Waals surface area contributed by atoms with Gasteiger partial charge >= 0.3 is 0 Å². The van der Waals surface area contributed by atoms with Crippen LogP contribution in [0.3, 0.4) is 0 Å². The van der Waals surface area contributed by atoms with Crippen LogP contribution in [0.1, 0.15) is 31.0 Å². The lowest BCUT2D eigenvalue weighted by atomic mass is 10.1. The monoisotopic (exact) mass is 244 g/mol. The average Bonchev–Trinajstić information content (AvgIpc) is 2.99. The summed E-state index contributed by atoms with van der Waals surface area (Å²) in [5.74, 6) is 0. The summed E-state index contributed by atoms with van der Waals surface area (Å²) in [6.45, 7) is 6.38. The molecule has 2 aromatic rings. The van der Waals surface area contributed by atoms with Gasteiger partial charge in [0.05, 0.1) is 5.69 Å². The number of aromatic nitrogens is 3. The van der Waals surface area contributed by atoms with Gasteiger partial charge in [0.1, 0.15) is 0 Å². The van der Waals surface area contributed by atoms with E-state index < -0.39 is 0 Å². The first-order chi connectivity index (χ1) is 8.57. The molecule has 0 spiro atoms. The van der Waals surface area contributed by atoms with Gasteiger partial charge in [-0.05, 0) is 36.8 Å². The van der Waals surface area contributed by atoms with Gasteiger partial charge in [-0.1, -0.05) is 6.92 Å². The van der Waals surface area contributed by atoms with E-state index in [0.717, 1.165) is 29.8 Å². The van der Waals surface area contributed by atoms with Crippen molar-refractivity contribution in [3.63, 3.8) is 0 Å². The van der Waals surface area contributed by atoms with Crippen molar-refractivity contribution in [1.82, 2.24) is 20.1 Å². The van der Waals surface area contributed by atoms with Gasteiger partial charge in [0, 0.05) is 31.7 Å². The molecule has 1 fully saturated rings. The molecule has 1 saturated carbocycles. The molecule has 0 unspecified atom stereocenters. The number of rotatable bonds is 4. The van der Waals surface area contributed by atoms with Crippen LogP contribution >= 0.6 is 0 Å². The van der Waals surface area contributed by atoms with Gasteiger partial charge in [-0.25, -0.2) is 4.98 Å². The second kappa shape index (κ2) is 4.05. The third-order valence-corrected chi connectivity index (χ3v) is 3.90. The summed E-state index contributed by atoms with van der Waals surface area (Å²) in [7, 11) is 1.94. The largest absolute Gasteiger partial charge is 0.312 e. The first-order valence-corrected chi connectivity index (χ1v) is 6.56. The molecule has 0 atom stereocenters. The third-order valence-electron chi connectivity index (χ3n) is 3.90. The van der Waals surface area contributed by atoms with E-state index in [-0.39, 0.29) is 0 Å². The molecule has 4 nitrogen and oxygen atoms in total. The van der Waals surface area contributed by atoms with E-state index in [9.17, 15) is 0 Å². The SMILES string of the molecule is Cc1nn(C)c2ncc(CNCC3(C)CC3)cc12. The van der Waals surface area contributed by atoms with E-state index >= 15 is 0 Å². The average molecular weight is 244 g/mol. The summed E-state index contributed by atoms with van der Waals surface area (Å²) in [6, 6.07) is 2.20. The maximum absolute atomic E-state index is 4.49. The van der Waals surface area contributed by atoms with Crippen LogP contribution in [0.25, 0.3) is 11.0 Å². The Labute approximate surface area is 107 Å². The Balaban J connectivity index is 1.74. The summed E-state index contributed by atoms with van der Waals surface area (Å²) in [6.07, 6.45) is 4.67. The fourth-order valence-corrected chi connectivity index (χ4v) is 2.35. The van der Waals surface area contributed by atoms with Gasteiger partial charge in [-0.15, -0.1) is 0 Å². The van der Waals surface area contributed by atoms with Crippen LogP contribution in [0, 0.1) is 12.3 Å². The first kappa shape index (κ1) is 11.7. The van der Waals surface area contributed by atoms with Crippen LogP contribution in [0.4, 0.5) is 0 Å². The lowest BCUT2D eigenvalue weighted by Crippen LogP contribution is -2.21. The standard InChI is InChI=1S/C14H20N4/c1-10-12-6-11(7-15-9-14(2)4-5-14)8-16-13(12)18(3)17-10/h6,8,15H,4-5,7,9H2,1-3H3. The van der Waals surface area contributed by atoms with Gasteiger partial charge < -0.3 is 5.32 Å². The first-order valence-electron chi connectivity index (χ1n) is 6.56. The molecular formula is C14H20N4. The smallest absolute Gasteiger partial charge is 0.157 e. The Bertz CT molecular complexity index is 581. The molecule has 4 heteroatoms. The molecule has 1 N–H and O–H groups in total. The van der Waals surface area contributed by atoms with Gasteiger partial charge in [0.15, 0.2) is 5.65 Å². The minimum atomic E-state index is 0.557. The predicted molar refractivity (Wildman–Crippen MR) is 72.3 cm³/mol. The van der Waals surface area contributed by atoms with Crippen molar-refractivity contribution < 1.29 is 0 Å². The lowest BCUT2D eigenvalue weighted by Gasteiger charge is -2.09. The number of aryl methyl sites for hydroxylation is 2. The zero-order valence-corrected chi connectivity index (χ0v) is 11.3. The zero-order valence-electron chi connectivity index (χ0n) is 11.3. The maximum Gasteiger partial charge on any atom is 0.157 e. The number of nitrogens with one attached hydrogen (secondary N) is 1. The number of hydrogen-bond acceptors (Lipinski definition) is 3. The Morgan fingerprint density at radius 1 is 1.44 bits per heavy atom. The summed E-state index contributed by atoms with van der Waals surface area (Å²) < 4.78 is 1.84. The van der Waals surface area contributed by atoms with Crippen molar-refractivity contribution in [2.75, 3.05) is 6.54 Å². The highest BCUT2D eigenvalue weighted by Crippen LogP contribution is 2.44. The molecule has 2 aromatic heterocycles. The molecule has 96 valence electrons. The van der Waals surface area contributed by atoms with Crippen molar-refractivity contribution >= 4 is 11.0 Å². The van der Waals surface area contributed by atoms with Crippen molar-refractivity contribution in [3.8, 4) is 0 Å². The van der Waals surface area contributed by atoms with Crippen LogP contribution in [0.15, 0.2) is 12.3 Å². The number of nitrogens with zero attached hydrogens (tertiary/aromatic N) is 3. The number of hydrogen-bond donors (Lipinski definition) is 1. The molecule has 0 bridgehead atoms. The molecule has 0 radical (unpaired) electrons. The second-order valence-corrected chi connectivity index (χ2v) is 5.84. The van der Waals surface area contributed by atoms with E-state index in [0.29, 0.717) is 5.41 Å². The fourth-order valence-electron chi connectivity index (χ4n) is 2.35. The Morgan fingerprint density at radius 2 is 2.22 bits per heavy atom. The van der Waals surface area contributed by atoms with Crippen molar-refractivity contribution in [1.29, 1.82) is 0 Å². The normalized spacial score (nSPS) is 17.3. The molecule has 1 aliphatic rings. The van der Waals surface area contributed by atoms with Gasteiger partial charge in [0.25, 0.3) is 0 Å². The van der Waals surface area contributed by atoms with Crippen LogP contribution in [0.2, 0.25) is 0 Å². The van der Waals surface area contributed by atoms with Gasteiger partial charge in [0.2, 0.25) is 0 Å². The van der Waals surface area contributed by atoms with Gasteiger partial charge in [-0.2, -0.15) is 5.10 Å². The third kappa shape index (κ3) is 2.12. The van der Waals surface area contributed by atoms with E-state index in [1.165, 1.54) is 18.4 Å². The molecule has 18 heavy (non-hydrogen) atoms. The van der Waals surface area contributed by atoms with Crippen LogP contribution in [0.5, 0.6) is 0 Å². The van der Waals surface area contributed by atoms with E-state index in [2.05, 4.69) is 28.4 Å². The minimum absolute atomic E-state index is 0.557. The highest BCUT2D eigenvalue weighted by Gasteiger charge is 2.36. The molecule has 0 aromatic carbocycles. The molecule has 3 rings (SSSR count). The summed E-state index contributed by atoms with van der Waals surface area (Å²) in [5, 5.41) is 9.08. The minimum Gasteiger partial charge on any atom is -0.312 e. The summed E-state index contributed by atoms with van der Waals surface area (Å²) in [4.78, 5) is 4.49. The molecule has 0 aliphatic heterocycles. The van der Waals surface area contributed by atoms with Crippen LogP contribution in [-0.4, -0.2) is 21.3 Å². The van der Waals surface area contributed by atoms with Crippen molar-refractivity contribution in [3.05, 3.63) is 23.5 Å². The molecule has 0 saturated heterocycles. The van der Waals surface area contributed by atoms with Crippen LogP contribution < -0.4 is 5.32 Å². The summed E-state index contributed by atoms with van der Waals surface area (Å²) >= 11 is 0. The van der Waals surface area contributed by atoms with Crippen molar-refractivity contribution in [2.45, 2.75) is 33.2 Å². The Hall–Kier alpha value is -1.42. The highest BCUT2D eigenvalue weighted by molar-refractivity contribution is 5.78. The van der Waals surface area contributed by atoms with Crippen LogP contribution in [-0.2, 0) is 13.6 Å². The number of pyridine rings is 1. The van der Waals surface area contributed by atoms with Crippen molar-refractivity contribution in [2.24, 2.45) is 12.5 Å². The quantitative estimate of drug-likeness (QED) is 0.896. The lowest BCUT2D eigenvalue weighted by molar-refractivity contribution is 0.499. The second-order valence-electron chi connectivity index (χ2n) is 5.84. The molecule has 0 amide bonds. The summed E-state index contributed by atoms with van der Waals surface area (Å²) in [5.41, 5.74) is 3.81. The van der Waals surface area contributed by atoms with E-state index in [4.69, 9.17) is 0 Å². The molecule has 1 aliphatic carbocycles. The molecule has 2 heterocycles. The number of fused-ring (bicyclic) bond motifs is 1. The Kier molecular flexibility index (Phi) is 2.63. The van der Waals surface area contributed by atoms with E-state index in [1.54, 1.807) is 0 Å². The highest BCUT2D eigenvalue weighted by atomic mass is 15.3. The van der Waals surface area contributed by atoms with E-state index in [1.807, 2.05) is 24.9 Å². The zero-order chi connectivity index (χ0) is 12.8. The van der Waals surface area contributed by atoms with Gasteiger partial charge in [-0.3, -0.25) is 4.68 Å². The topological polar surface area (TPSA) is 42.7 Å². The Morgan fingerprint density at radius 3 is 2.94 bits per heavy atom. The molecular weight excluding hydrogens is 224 g/mol. The maximum atomic E-state index is 4.49. The predicted octanol–water partition coefficient (Wildman–Crippen LogP) is 2.17. The fraction of sp³-hybridized carbons (Fsp3) is 0.571.